The van der Waals surface area contributed by atoms with Crippen LogP contribution in [0.25, 0.3) is 0 Å². The number of ether oxygens (including phenoxy) is 1. The van der Waals surface area contributed by atoms with Gasteiger partial charge in [-0.1, -0.05) is 39.1 Å². The van der Waals surface area contributed by atoms with E-state index in [0.717, 1.165) is 10.2 Å². The molecule has 0 aromatic heterocycles. The molecule has 21 heavy (non-hydrogen) atoms. The van der Waals surface area contributed by atoms with Crippen molar-refractivity contribution in [1.82, 2.24) is 0 Å². The highest BCUT2D eigenvalue weighted by atomic mass is 79.9. The predicted octanol–water partition coefficient (Wildman–Crippen LogP) is 4.61. The minimum absolute atomic E-state index is 0.197. The van der Waals surface area contributed by atoms with Crippen molar-refractivity contribution in [2.75, 3.05) is 18.5 Å². The number of aliphatic hydroxyl groups is 1. The molecule has 2 N–H and O–H groups in total. The highest BCUT2D eigenvalue weighted by Crippen LogP contribution is 2.22. The lowest BCUT2D eigenvalue weighted by molar-refractivity contribution is 0.117. The Hall–Kier alpha value is -0.940. The Kier molecular flexibility index (Phi) is 6.18. The molecule has 0 heterocycles. The Morgan fingerprint density at radius 1 is 1.10 bits per heavy atom. The number of hydrogen-bond donors (Lipinski definition) is 2. The van der Waals surface area contributed by atoms with Gasteiger partial charge in [0.05, 0.1) is 0 Å². The fourth-order valence-corrected chi connectivity index (χ4v) is 2.46. The average molecular weight is 391 g/mol. The van der Waals surface area contributed by atoms with Gasteiger partial charge < -0.3 is 15.2 Å². The molecule has 0 spiro atoms. The standard InChI is InChI=1S/C15H14BrCl2NO2/c16-10-1-3-15(4-2-10)21-9-14(20)8-19-13-6-11(17)5-12(18)7-13/h1-7,14,19-20H,8-9H2. The Bertz CT molecular complexity index is 572. The number of anilines is 1. The lowest BCUT2D eigenvalue weighted by Crippen LogP contribution is -2.26. The Labute approximate surface area is 142 Å². The second kappa shape index (κ2) is 7.90. The molecule has 6 heteroatoms. The molecular weight excluding hydrogens is 377 g/mol. The summed E-state index contributed by atoms with van der Waals surface area (Å²) in [4.78, 5) is 0. The molecule has 0 aliphatic heterocycles. The van der Waals surface area contributed by atoms with Crippen molar-refractivity contribution in [3.8, 4) is 5.75 Å². The summed E-state index contributed by atoms with van der Waals surface area (Å²) >= 11 is 15.2. The summed E-state index contributed by atoms with van der Waals surface area (Å²) in [6.07, 6.45) is -0.647. The maximum atomic E-state index is 9.90. The Morgan fingerprint density at radius 2 is 1.71 bits per heavy atom. The zero-order chi connectivity index (χ0) is 15.2. The Morgan fingerprint density at radius 3 is 2.33 bits per heavy atom. The maximum absolute atomic E-state index is 9.90. The van der Waals surface area contributed by atoms with Gasteiger partial charge in [0.15, 0.2) is 0 Å². The number of benzene rings is 2. The van der Waals surface area contributed by atoms with E-state index in [1.54, 1.807) is 18.2 Å². The molecule has 0 fully saturated rings. The van der Waals surface area contributed by atoms with E-state index >= 15 is 0 Å². The number of nitrogens with one attached hydrogen (secondary N) is 1. The predicted molar refractivity (Wildman–Crippen MR) is 90.6 cm³/mol. The van der Waals surface area contributed by atoms with Crippen molar-refractivity contribution in [3.05, 3.63) is 57.0 Å². The van der Waals surface area contributed by atoms with Gasteiger partial charge in [0.25, 0.3) is 0 Å². The number of aliphatic hydroxyl groups excluding tert-OH is 1. The minimum Gasteiger partial charge on any atom is -0.491 e. The maximum Gasteiger partial charge on any atom is 0.119 e. The second-order valence-corrected chi connectivity index (χ2v) is 6.25. The highest BCUT2D eigenvalue weighted by Gasteiger charge is 2.06. The van der Waals surface area contributed by atoms with Crippen molar-refractivity contribution in [2.24, 2.45) is 0 Å². The molecular formula is C15H14BrCl2NO2. The minimum atomic E-state index is -0.647. The van der Waals surface area contributed by atoms with Gasteiger partial charge in [-0.05, 0) is 42.5 Å². The summed E-state index contributed by atoms with van der Waals surface area (Å²) in [5, 5.41) is 14.1. The van der Waals surface area contributed by atoms with Crippen LogP contribution in [0.3, 0.4) is 0 Å². The van der Waals surface area contributed by atoms with Crippen molar-refractivity contribution < 1.29 is 9.84 Å². The molecule has 1 atom stereocenters. The van der Waals surface area contributed by atoms with Crippen molar-refractivity contribution in [1.29, 1.82) is 0 Å². The fraction of sp³-hybridized carbons (Fsp3) is 0.200. The van der Waals surface area contributed by atoms with Gasteiger partial charge in [0.2, 0.25) is 0 Å². The third-order valence-electron chi connectivity index (χ3n) is 2.66. The van der Waals surface area contributed by atoms with Crippen molar-refractivity contribution in [2.45, 2.75) is 6.10 Å². The van der Waals surface area contributed by atoms with Crippen LogP contribution in [0.2, 0.25) is 10.0 Å². The molecule has 2 rings (SSSR count). The number of rotatable bonds is 6. The van der Waals surface area contributed by atoms with Crippen LogP contribution >= 0.6 is 39.1 Å². The second-order valence-electron chi connectivity index (χ2n) is 4.46. The van der Waals surface area contributed by atoms with Crippen LogP contribution in [0.1, 0.15) is 0 Å². The largest absolute Gasteiger partial charge is 0.491 e. The molecule has 0 bridgehead atoms. The molecule has 112 valence electrons. The summed E-state index contributed by atoms with van der Waals surface area (Å²) in [6, 6.07) is 12.6. The van der Waals surface area contributed by atoms with E-state index in [4.69, 9.17) is 27.9 Å². The van der Waals surface area contributed by atoms with Crippen LogP contribution in [0.15, 0.2) is 46.9 Å². The molecule has 0 radical (unpaired) electrons. The average Bonchev–Trinajstić information content (AvgIpc) is 2.43. The van der Waals surface area contributed by atoms with Crippen LogP contribution in [0, 0.1) is 0 Å². The first kappa shape index (κ1) is 16.4. The molecule has 3 nitrogen and oxygen atoms in total. The first-order valence-electron chi connectivity index (χ1n) is 6.29. The molecule has 2 aromatic carbocycles. The normalized spacial score (nSPS) is 12.0. The van der Waals surface area contributed by atoms with Crippen LogP contribution in [-0.4, -0.2) is 24.4 Å². The van der Waals surface area contributed by atoms with Gasteiger partial charge >= 0.3 is 0 Å². The zero-order valence-electron chi connectivity index (χ0n) is 11.0. The fourth-order valence-electron chi connectivity index (χ4n) is 1.67. The van der Waals surface area contributed by atoms with Gasteiger partial charge in [-0.25, -0.2) is 0 Å². The van der Waals surface area contributed by atoms with Gasteiger partial charge in [-0.2, -0.15) is 0 Å². The van der Waals surface area contributed by atoms with Crippen molar-refractivity contribution >= 4 is 44.8 Å². The first-order chi connectivity index (χ1) is 10.0. The molecule has 2 aromatic rings. The van der Waals surface area contributed by atoms with E-state index in [9.17, 15) is 5.11 Å². The number of hydrogen-bond acceptors (Lipinski definition) is 3. The number of halogens is 3. The smallest absolute Gasteiger partial charge is 0.119 e. The molecule has 0 saturated heterocycles. The summed E-state index contributed by atoms with van der Waals surface area (Å²) in [5.74, 6) is 0.711. The molecule has 0 aliphatic carbocycles. The van der Waals surface area contributed by atoms with E-state index in [1.807, 2.05) is 24.3 Å². The molecule has 1 unspecified atom stereocenters. The topological polar surface area (TPSA) is 41.5 Å². The third kappa shape index (κ3) is 5.75. The van der Waals surface area contributed by atoms with Crippen LogP contribution in [-0.2, 0) is 0 Å². The summed E-state index contributed by atoms with van der Waals surface area (Å²) < 4.78 is 6.48. The van der Waals surface area contributed by atoms with Gasteiger partial charge in [-0.3, -0.25) is 0 Å². The lowest BCUT2D eigenvalue weighted by Gasteiger charge is -2.14. The van der Waals surface area contributed by atoms with Gasteiger partial charge in [0.1, 0.15) is 18.5 Å². The van der Waals surface area contributed by atoms with Crippen LogP contribution < -0.4 is 10.1 Å². The molecule has 0 saturated carbocycles. The summed E-state index contributed by atoms with van der Waals surface area (Å²) in [5.41, 5.74) is 0.759. The molecule has 0 aliphatic rings. The summed E-state index contributed by atoms with van der Waals surface area (Å²) in [6.45, 7) is 0.538. The van der Waals surface area contributed by atoms with E-state index in [0.29, 0.717) is 22.3 Å². The summed E-state index contributed by atoms with van der Waals surface area (Å²) in [7, 11) is 0. The van der Waals surface area contributed by atoms with Gasteiger partial charge in [0, 0.05) is 26.8 Å². The van der Waals surface area contributed by atoms with E-state index in [-0.39, 0.29) is 6.61 Å². The lowest BCUT2D eigenvalue weighted by atomic mass is 10.3. The van der Waals surface area contributed by atoms with E-state index < -0.39 is 6.10 Å². The highest BCUT2D eigenvalue weighted by molar-refractivity contribution is 9.10. The third-order valence-corrected chi connectivity index (χ3v) is 3.63. The SMILES string of the molecule is OC(CNc1cc(Cl)cc(Cl)c1)COc1ccc(Br)cc1. The molecule has 0 amide bonds. The van der Waals surface area contributed by atoms with Crippen molar-refractivity contribution in [3.63, 3.8) is 0 Å². The van der Waals surface area contributed by atoms with E-state index in [1.165, 1.54) is 0 Å². The quantitative estimate of drug-likeness (QED) is 0.756. The zero-order valence-corrected chi connectivity index (χ0v) is 14.1. The van der Waals surface area contributed by atoms with Gasteiger partial charge in [-0.15, -0.1) is 0 Å². The monoisotopic (exact) mass is 389 g/mol. The van der Waals surface area contributed by atoms with E-state index in [2.05, 4.69) is 21.2 Å². The first-order valence-corrected chi connectivity index (χ1v) is 7.84. The van der Waals surface area contributed by atoms with Crippen LogP contribution in [0.4, 0.5) is 5.69 Å². The Balaban J connectivity index is 1.79. The van der Waals surface area contributed by atoms with Crippen LogP contribution in [0.5, 0.6) is 5.75 Å².